The van der Waals surface area contributed by atoms with Gasteiger partial charge in [-0.3, -0.25) is 0 Å². The van der Waals surface area contributed by atoms with Crippen molar-refractivity contribution in [2.75, 3.05) is 25.5 Å². The predicted molar refractivity (Wildman–Crippen MR) is 92.6 cm³/mol. The monoisotopic (exact) mass is 347 g/mol. The molecular formula is C17H22BrN3. The molecule has 2 aromatic rings. The van der Waals surface area contributed by atoms with Crippen LogP contribution in [0.15, 0.2) is 47.1 Å². The van der Waals surface area contributed by atoms with Crippen LogP contribution in [-0.4, -0.2) is 30.0 Å². The molecule has 21 heavy (non-hydrogen) atoms. The number of nitrogens with zero attached hydrogens (tertiary/aromatic N) is 2. The minimum absolute atomic E-state index is 0.925. The van der Waals surface area contributed by atoms with Crippen LogP contribution in [0.5, 0.6) is 0 Å². The number of hydrogen-bond donors (Lipinski definition) is 1. The topological polar surface area (TPSA) is 28.2 Å². The first-order valence-corrected chi connectivity index (χ1v) is 8.03. The number of halogens is 1. The number of rotatable bonds is 7. The Morgan fingerprint density at radius 1 is 1.19 bits per heavy atom. The van der Waals surface area contributed by atoms with Crippen molar-refractivity contribution in [2.45, 2.75) is 19.9 Å². The van der Waals surface area contributed by atoms with Crippen molar-refractivity contribution in [1.82, 2.24) is 9.88 Å². The molecule has 0 radical (unpaired) electrons. The molecule has 0 saturated heterocycles. The summed E-state index contributed by atoms with van der Waals surface area (Å²) >= 11 is 3.57. The van der Waals surface area contributed by atoms with Crippen LogP contribution in [0.2, 0.25) is 0 Å². The Kier molecular flexibility index (Phi) is 6.21. The lowest BCUT2D eigenvalue weighted by Gasteiger charge is -2.17. The maximum atomic E-state index is 4.35. The molecule has 0 unspecified atom stereocenters. The Morgan fingerprint density at radius 2 is 1.95 bits per heavy atom. The molecule has 0 amide bonds. The molecule has 1 aromatic heterocycles. The number of anilines is 1. The smallest absolute Gasteiger partial charge is 0.140 e. The first-order chi connectivity index (χ1) is 10.2. The summed E-state index contributed by atoms with van der Waals surface area (Å²) in [6, 6.07) is 12.6. The number of pyridine rings is 1. The molecule has 2 rings (SSSR count). The largest absolute Gasteiger partial charge is 0.369 e. The maximum absolute atomic E-state index is 4.35. The van der Waals surface area contributed by atoms with E-state index in [0.717, 1.165) is 36.3 Å². The number of hydrogen-bond acceptors (Lipinski definition) is 3. The van der Waals surface area contributed by atoms with Crippen molar-refractivity contribution in [2.24, 2.45) is 0 Å². The number of aromatic nitrogens is 1. The van der Waals surface area contributed by atoms with Crippen LogP contribution >= 0.6 is 15.9 Å². The zero-order valence-corrected chi connectivity index (χ0v) is 14.2. The summed E-state index contributed by atoms with van der Waals surface area (Å²) in [7, 11) is 2.16. The zero-order chi connectivity index (χ0) is 15.1. The van der Waals surface area contributed by atoms with Crippen LogP contribution in [0.4, 0.5) is 5.82 Å². The van der Waals surface area contributed by atoms with Gasteiger partial charge < -0.3 is 10.2 Å². The molecular weight excluding hydrogens is 326 g/mol. The lowest BCUT2D eigenvalue weighted by atomic mass is 10.2. The van der Waals surface area contributed by atoms with Gasteiger partial charge in [-0.1, -0.05) is 30.3 Å². The SMILES string of the molecule is Cc1ccnc(NCCCN(C)Cc2ccccc2)c1Br. The van der Waals surface area contributed by atoms with E-state index in [0.29, 0.717) is 0 Å². The fourth-order valence-electron chi connectivity index (χ4n) is 2.19. The van der Waals surface area contributed by atoms with E-state index in [1.165, 1.54) is 11.1 Å². The van der Waals surface area contributed by atoms with Crippen LogP contribution in [0.1, 0.15) is 17.5 Å². The standard InChI is InChI=1S/C17H22BrN3/c1-14-9-11-20-17(16(14)18)19-10-6-12-21(2)13-15-7-4-3-5-8-15/h3-5,7-9,11H,6,10,12-13H2,1-2H3,(H,19,20). The van der Waals surface area contributed by atoms with E-state index in [1.54, 1.807) is 0 Å². The van der Waals surface area contributed by atoms with Gasteiger partial charge in [-0.15, -0.1) is 0 Å². The van der Waals surface area contributed by atoms with Crippen molar-refractivity contribution in [3.63, 3.8) is 0 Å². The highest BCUT2D eigenvalue weighted by molar-refractivity contribution is 9.10. The van der Waals surface area contributed by atoms with Gasteiger partial charge in [0.1, 0.15) is 5.82 Å². The molecule has 1 aromatic carbocycles. The minimum atomic E-state index is 0.925. The second kappa shape index (κ2) is 8.15. The first-order valence-electron chi connectivity index (χ1n) is 7.24. The second-order valence-corrected chi connectivity index (χ2v) is 6.09. The molecule has 1 heterocycles. The Hall–Kier alpha value is -1.39. The Bertz CT molecular complexity index is 557. The Morgan fingerprint density at radius 3 is 2.71 bits per heavy atom. The highest BCUT2D eigenvalue weighted by Gasteiger charge is 2.04. The Balaban J connectivity index is 1.71. The van der Waals surface area contributed by atoms with Gasteiger partial charge >= 0.3 is 0 Å². The van der Waals surface area contributed by atoms with Crippen molar-refractivity contribution >= 4 is 21.7 Å². The Labute approximate surface area is 135 Å². The molecule has 4 heteroatoms. The third-order valence-electron chi connectivity index (χ3n) is 3.39. The molecule has 1 N–H and O–H groups in total. The van der Waals surface area contributed by atoms with E-state index in [9.17, 15) is 0 Å². The first kappa shape index (κ1) is 16.0. The molecule has 0 saturated carbocycles. The van der Waals surface area contributed by atoms with Crippen molar-refractivity contribution < 1.29 is 0 Å². The summed E-state index contributed by atoms with van der Waals surface area (Å²) in [6.07, 6.45) is 2.93. The summed E-state index contributed by atoms with van der Waals surface area (Å²) < 4.78 is 1.06. The molecule has 0 aliphatic carbocycles. The van der Waals surface area contributed by atoms with Gasteiger partial charge in [-0.05, 0) is 60.1 Å². The normalized spacial score (nSPS) is 10.9. The molecule has 0 bridgehead atoms. The van der Waals surface area contributed by atoms with Gasteiger partial charge in [0.25, 0.3) is 0 Å². The van der Waals surface area contributed by atoms with E-state index < -0.39 is 0 Å². The van der Waals surface area contributed by atoms with Crippen molar-refractivity contribution in [3.8, 4) is 0 Å². The fraction of sp³-hybridized carbons (Fsp3) is 0.353. The van der Waals surface area contributed by atoms with Gasteiger partial charge in [0.15, 0.2) is 0 Å². The molecule has 3 nitrogen and oxygen atoms in total. The van der Waals surface area contributed by atoms with Crippen LogP contribution in [0.25, 0.3) is 0 Å². The lowest BCUT2D eigenvalue weighted by Crippen LogP contribution is -2.21. The van der Waals surface area contributed by atoms with Gasteiger partial charge in [-0.2, -0.15) is 0 Å². The van der Waals surface area contributed by atoms with E-state index in [1.807, 2.05) is 12.3 Å². The third kappa shape index (κ3) is 5.14. The van der Waals surface area contributed by atoms with E-state index in [-0.39, 0.29) is 0 Å². The third-order valence-corrected chi connectivity index (χ3v) is 4.39. The van der Waals surface area contributed by atoms with Gasteiger partial charge in [0, 0.05) is 19.3 Å². The molecule has 0 fully saturated rings. The second-order valence-electron chi connectivity index (χ2n) is 5.29. The molecule has 0 aliphatic heterocycles. The minimum Gasteiger partial charge on any atom is -0.369 e. The van der Waals surface area contributed by atoms with Crippen molar-refractivity contribution in [3.05, 3.63) is 58.2 Å². The highest BCUT2D eigenvalue weighted by atomic mass is 79.9. The van der Waals surface area contributed by atoms with E-state index >= 15 is 0 Å². The van der Waals surface area contributed by atoms with E-state index in [4.69, 9.17) is 0 Å². The quantitative estimate of drug-likeness (QED) is 0.764. The number of aryl methyl sites for hydroxylation is 1. The number of nitrogens with one attached hydrogen (secondary N) is 1. The highest BCUT2D eigenvalue weighted by Crippen LogP contribution is 2.22. The van der Waals surface area contributed by atoms with Crippen LogP contribution in [0.3, 0.4) is 0 Å². The summed E-state index contributed by atoms with van der Waals surface area (Å²) in [6.45, 7) is 5.05. The molecule has 112 valence electrons. The summed E-state index contributed by atoms with van der Waals surface area (Å²) in [5.74, 6) is 0.931. The molecule has 0 aliphatic rings. The van der Waals surface area contributed by atoms with E-state index in [2.05, 4.69) is 75.4 Å². The maximum Gasteiger partial charge on any atom is 0.140 e. The average Bonchev–Trinajstić information content (AvgIpc) is 2.49. The summed E-state index contributed by atoms with van der Waals surface area (Å²) in [5, 5.41) is 3.39. The van der Waals surface area contributed by atoms with Gasteiger partial charge in [0.2, 0.25) is 0 Å². The van der Waals surface area contributed by atoms with Crippen LogP contribution in [-0.2, 0) is 6.54 Å². The fourth-order valence-corrected chi connectivity index (χ4v) is 2.57. The zero-order valence-electron chi connectivity index (χ0n) is 12.6. The summed E-state index contributed by atoms with van der Waals surface area (Å²) in [4.78, 5) is 6.69. The number of benzene rings is 1. The molecule has 0 atom stereocenters. The van der Waals surface area contributed by atoms with Crippen molar-refractivity contribution in [1.29, 1.82) is 0 Å². The predicted octanol–water partition coefficient (Wildman–Crippen LogP) is 4.09. The lowest BCUT2D eigenvalue weighted by molar-refractivity contribution is 0.325. The molecule has 0 spiro atoms. The van der Waals surface area contributed by atoms with Crippen LogP contribution in [0, 0.1) is 6.92 Å². The average molecular weight is 348 g/mol. The van der Waals surface area contributed by atoms with Gasteiger partial charge in [0.05, 0.1) is 4.47 Å². The summed E-state index contributed by atoms with van der Waals surface area (Å²) in [5.41, 5.74) is 2.56. The van der Waals surface area contributed by atoms with Gasteiger partial charge in [-0.25, -0.2) is 4.98 Å². The van der Waals surface area contributed by atoms with Crippen LogP contribution < -0.4 is 5.32 Å².